The van der Waals surface area contributed by atoms with Gasteiger partial charge < -0.3 is 0 Å². The molecule has 2 aliphatic heterocycles. The lowest BCUT2D eigenvalue weighted by atomic mass is 9.95. The summed E-state index contributed by atoms with van der Waals surface area (Å²) in [4.78, 5) is 13.0. The molecule has 4 rings (SSSR count). The van der Waals surface area contributed by atoms with Crippen LogP contribution in [0.15, 0.2) is 31.1 Å². The minimum atomic E-state index is -3.37. The maximum Gasteiger partial charge on any atom is 0.281 e. The summed E-state index contributed by atoms with van der Waals surface area (Å²) in [6.07, 6.45) is 12.2. The van der Waals surface area contributed by atoms with Gasteiger partial charge in [-0.3, -0.25) is 9.55 Å². The Kier molecular flexibility index (Phi) is 4.53. The first kappa shape index (κ1) is 16.6. The molecule has 4 heterocycles. The zero-order chi connectivity index (χ0) is 17.3. The molecule has 2 aromatic heterocycles. The van der Waals surface area contributed by atoms with Crippen molar-refractivity contribution in [1.29, 1.82) is 0 Å². The van der Waals surface area contributed by atoms with Crippen LogP contribution < -0.4 is 0 Å². The largest absolute Gasteiger partial charge is 0.289 e. The molecule has 134 valence electrons. The average Bonchev–Trinajstić information content (AvgIpc) is 3.36. The highest BCUT2D eigenvalue weighted by molar-refractivity contribution is 7.86. The van der Waals surface area contributed by atoms with Crippen molar-refractivity contribution in [2.45, 2.75) is 31.6 Å². The van der Waals surface area contributed by atoms with E-state index in [9.17, 15) is 8.42 Å². The van der Waals surface area contributed by atoms with Crippen molar-refractivity contribution in [3.05, 3.63) is 36.8 Å². The van der Waals surface area contributed by atoms with Crippen LogP contribution in [0.5, 0.6) is 0 Å². The molecule has 0 saturated carbocycles. The lowest BCUT2D eigenvalue weighted by Crippen LogP contribution is -2.46. The zero-order valence-corrected chi connectivity index (χ0v) is 14.8. The first-order valence-electron chi connectivity index (χ1n) is 8.71. The molecule has 8 nitrogen and oxygen atoms in total. The quantitative estimate of drug-likeness (QED) is 0.815. The Morgan fingerprint density at radius 1 is 0.960 bits per heavy atom. The number of aromatic nitrogens is 4. The lowest BCUT2D eigenvalue weighted by Gasteiger charge is -2.34. The van der Waals surface area contributed by atoms with Crippen LogP contribution in [-0.2, 0) is 10.2 Å². The SMILES string of the molecule is O=S(=O)(N1CCCC1)N1CCCC(c2nccnc2-n2ccnc2)C1. The summed E-state index contributed by atoms with van der Waals surface area (Å²) in [7, 11) is -3.37. The fourth-order valence-corrected chi connectivity index (χ4v) is 5.44. The minimum Gasteiger partial charge on any atom is -0.289 e. The number of piperidine rings is 1. The summed E-state index contributed by atoms with van der Waals surface area (Å²) in [5.74, 6) is 0.766. The van der Waals surface area contributed by atoms with Crippen LogP contribution in [0.2, 0.25) is 0 Å². The molecular weight excluding hydrogens is 340 g/mol. The van der Waals surface area contributed by atoms with E-state index in [0.717, 1.165) is 37.2 Å². The third kappa shape index (κ3) is 3.19. The van der Waals surface area contributed by atoms with Gasteiger partial charge >= 0.3 is 0 Å². The second-order valence-electron chi connectivity index (χ2n) is 6.55. The molecule has 9 heteroatoms. The summed E-state index contributed by atoms with van der Waals surface area (Å²) in [5, 5.41) is 0. The molecule has 1 atom stereocenters. The average molecular weight is 362 g/mol. The second kappa shape index (κ2) is 6.81. The van der Waals surface area contributed by atoms with Gasteiger partial charge in [0.2, 0.25) is 0 Å². The minimum absolute atomic E-state index is 0.0391. The second-order valence-corrected chi connectivity index (χ2v) is 8.47. The summed E-state index contributed by atoms with van der Waals surface area (Å²) >= 11 is 0. The van der Waals surface area contributed by atoms with Crippen LogP contribution in [0, 0.1) is 0 Å². The summed E-state index contributed by atoms with van der Waals surface area (Å²) in [6.45, 7) is 2.30. The van der Waals surface area contributed by atoms with Gasteiger partial charge in [0.1, 0.15) is 6.33 Å². The highest BCUT2D eigenvalue weighted by Gasteiger charge is 2.36. The molecule has 0 bridgehead atoms. The predicted octanol–water partition coefficient (Wildman–Crippen LogP) is 1.18. The van der Waals surface area contributed by atoms with Gasteiger partial charge in [0.05, 0.1) is 5.69 Å². The molecule has 2 aromatic rings. The van der Waals surface area contributed by atoms with E-state index in [4.69, 9.17) is 0 Å². The third-order valence-electron chi connectivity index (χ3n) is 4.94. The first-order chi connectivity index (χ1) is 12.2. The molecule has 0 aromatic carbocycles. The Morgan fingerprint density at radius 2 is 1.72 bits per heavy atom. The van der Waals surface area contributed by atoms with Crippen LogP contribution in [0.3, 0.4) is 0 Å². The highest BCUT2D eigenvalue weighted by atomic mass is 32.2. The van der Waals surface area contributed by atoms with Gasteiger partial charge in [-0.2, -0.15) is 17.0 Å². The molecule has 0 radical (unpaired) electrons. The molecule has 0 N–H and O–H groups in total. The molecule has 0 aliphatic carbocycles. The molecule has 0 amide bonds. The summed E-state index contributed by atoms with van der Waals surface area (Å²) < 4.78 is 30.8. The van der Waals surface area contributed by atoms with E-state index in [0.29, 0.717) is 26.2 Å². The van der Waals surface area contributed by atoms with E-state index in [-0.39, 0.29) is 5.92 Å². The number of nitrogens with zero attached hydrogens (tertiary/aromatic N) is 6. The Balaban J connectivity index is 1.60. The summed E-state index contributed by atoms with van der Waals surface area (Å²) in [5.41, 5.74) is 0.835. The van der Waals surface area contributed by atoms with E-state index in [2.05, 4.69) is 15.0 Å². The van der Waals surface area contributed by atoms with Gasteiger partial charge in [-0.1, -0.05) is 0 Å². The van der Waals surface area contributed by atoms with Crippen molar-refractivity contribution < 1.29 is 8.42 Å². The predicted molar refractivity (Wildman–Crippen MR) is 92.4 cm³/mol. The number of hydrogen-bond acceptors (Lipinski definition) is 5. The smallest absolute Gasteiger partial charge is 0.281 e. The lowest BCUT2D eigenvalue weighted by molar-refractivity contribution is 0.289. The van der Waals surface area contributed by atoms with E-state index in [1.165, 1.54) is 0 Å². The number of hydrogen-bond donors (Lipinski definition) is 0. The van der Waals surface area contributed by atoms with Crippen LogP contribution in [-0.4, -0.2) is 62.7 Å². The first-order valence-corrected chi connectivity index (χ1v) is 10.1. The summed E-state index contributed by atoms with van der Waals surface area (Å²) in [6, 6.07) is 0. The van der Waals surface area contributed by atoms with Crippen molar-refractivity contribution in [2.24, 2.45) is 0 Å². The normalized spacial score (nSPS) is 23.1. The van der Waals surface area contributed by atoms with Gasteiger partial charge in [-0.15, -0.1) is 0 Å². The van der Waals surface area contributed by atoms with E-state index < -0.39 is 10.2 Å². The molecule has 25 heavy (non-hydrogen) atoms. The van der Waals surface area contributed by atoms with Crippen molar-refractivity contribution in [3.8, 4) is 5.82 Å². The van der Waals surface area contributed by atoms with Gasteiger partial charge in [-0.05, 0) is 25.7 Å². The van der Waals surface area contributed by atoms with Crippen LogP contribution in [0.25, 0.3) is 5.82 Å². The highest BCUT2D eigenvalue weighted by Crippen LogP contribution is 2.31. The third-order valence-corrected chi connectivity index (χ3v) is 6.95. The molecule has 2 aliphatic rings. The van der Waals surface area contributed by atoms with E-state index in [1.807, 2.05) is 10.8 Å². The molecule has 2 saturated heterocycles. The van der Waals surface area contributed by atoms with Crippen LogP contribution in [0.4, 0.5) is 0 Å². The van der Waals surface area contributed by atoms with E-state index in [1.54, 1.807) is 33.5 Å². The topological polar surface area (TPSA) is 84.2 Å². The van der Waals surface area contributed by atoms with E-state index >= 15 is 0 Å². The Bertz CT molecular complexity index is 817. The van der Waals surface area contributed by atoms with Gasteiger partial charge in [0, 0.05) is 56.9 Å². The fourth-order valence-electron chi connectivity index (χ4n) is 3.67. The standard InChI is InChI=1S/C16H22N6O2S/c23-25(24,21-8-1-2-9-21)22-10-3-4-14(12-22)15-16(19-6-5-18-15)20-11-7-17-13-20/h5-7,11,13-14H,1-4,8-10,12H2. The Labute approximate surface area is 147 Å². The van der Waals surface area contributed by atoms with Gasteiger partial charge in [-0.25, -0.2) is 9.97 Å². The molecule has 1 unspecified atom stereocenters. The maximum atomic E-state index is 12.9. The number of imidazole rings is 1. The molecular formula is C16H22N6O2S. The van der Waals surface area contributed by atoms with Crippen molar-refractivity contribution in [1.82, 2.24) is 28.1 Å². The van der Waals surface area contributed by atoms with Gasteiger partial charge in [0.25, 0.3) is 10.2 Å². The monoisotopic (exact) mass is 362 g/mol. The van der Waals surface area contributed by atoms with Crippen molar-refractivity contribution in [3.63, 3.8) is 0 Å². The zero-order valence-electron chi connectivity index (χ0n) is 14.0. The van der Waals surface area contributed by atoms with Gasteiger partial charge in [0.15, 0.2) is 5.82 Å². The fraction of sp³-hybridized carbons (Fsp3) is 0.562. The van der Waals surface area contributed by atoms with Crippen LogP contribution in [0.1, 0.15) is 37.3 Å². The maximum absolute atomic E-state index is 12.9. The Morgan fingerprint density at radius 3 is 2.48 bits per heavy atom. The van der Waals surface area contributed by atoms with Crippen LogP contribution >= 0.6 is 0 Å². The van der Waals surface area contributed by atoms with Crippen molar-refractivity contribution >= 4 is 10.2 Å². The molecule has 0 spiro atoms. The van der Waals surface area contributed by atoms with Crippen molar-refractivity contribution in [2.75, 3.05) is 26.2 Å². The Hall–Kier alpha value is -1.84. The number of rotatable bonds is 4. The molecule has 2 fully saturated rings.